The van der Waals surface area contributed by atoms with Gasteiger partial charge in [-0.25, -0.2) is 4.98 Å². The molecule has 2 fully saturated rings. The molecule has 2 heterocycles. The van der Waals surface area contributed by atoms with Gasteiger partial charge in [0.05, 0.1) is 19.3 Å². The van der Waals surface area contributed by atoms with E-state index in [1.165, 1.54) is 24.4 Å². The highest BCUT2D eigenvalue weighted by Gasteiger charge is 2.29. The Bertz CT molecular complexity index is 350. The second-order valence-corrected chi connectivity index (χ2v) is 5.06. The molecule has 0 radical (unpaired) electrons. The fraction of sp³-hybridized carbons (Fsp3) is 0.800. The Morgan fingerprint density at radius 3 is 3.07 bits per heavy atom. The number of hydrogen-bond donors (Lipinski definition) is 0. The number of aromatic nitrogens is 2. The number of morpholine rings is 1. The quantitative estimate of drug-likeness (QED) is 0.767. The standard InChI is InChI=1S/C10H15N3OS/c1-7-6-14-5-4-13(7)10-11-9(12-15-10)8-2-3-8/h7-8H,2-6H2,1H3/t7-/m0/s1. The summed E-state index contributed by atoms with van der Waals surface area (Å²) in [6.07, 6.45) is 2.55. The van der Waals surface area contributed by atoms with Crippen molar-refractivity contribution in [1.29, 1.82) is 0 Å². The van der Waals surface area contributed by atoms with Gasteiger partial charge < -0.3 is 9.64 Å². The minimum Gasteiger partial charge on any atom is -0.377 e. The van der Waals surface area contributed by atoms with E-state index in [0.717, 1.165) is 30.7 Å². The van der Waals surface area contributed by atoms with E-state index < -0.39 is 0 Å². The van der Waals surface area contributed by atoms with E-state index in [4.69, 9.17) is 4.74 Å². The van der Waals surface area contributed by atoms with Crippen molar-refractivity contribution in [3.63, 3.8) is 0 Å². The van der Waals surface area contributed by atoms with Gasteiger partial charge in [0, 0.05) is 24.0 Å². The summed E-state index contributed by atoms with van der Waals surface area (Å²) < 4.78 is 9.85. The Kier molecular flexibility index (Phi) is 2.36. The van der Waals surface area contributed by atoms with E-state index in [9.17, 15) is 0 Å². The summed E-state index contributed by atoms with van der Waals surface area (Å²) in [5.41, 5.74) is 0. The van der Waals surface area contributed by atoms with Crippen LogP contribution in [-0.4, -0.2) is 35.2 Å². The first-order chi connectivity index (χ1) is 7.34. The predicted molar refractivity (Wildman–Crippen MR) is 59.5 cm³/mol. The molecular weight excluding hydrogens is 210 g/mol. The van der Waals surface area contributed by atoms with Crippen LogP contribution in [0, 0.1) is 0 Å². The molecule has 0 amide bonds. The number of anilines is 1. The zero-order valence-corrected chi connectivity index (χ0v) is 9.66. The first kappa shape index (κ1) is 9.54. The molecule has 0 unspecified atom stereocenters. The van der Waals surface area contributed by atoms with Crippen LogP contribution < -0.4 is 4.90 Å². The van der Waals surface area contributed by atoms with E-state index >= 15 is 0 Å². The van der Waals surface area contributed by atoms with Crippen LogP contribution in [0.1, 0.15) is 31.5 Å². The zero-order chi connectivity index (χ0) is 10.3. The second kappa shape index (κ2) is 3.72. The Hall–Kier alpha value is -0.680. The molecule has 15 heavy (non-hydrogen) atoms. The summed E-state index contributed by atoms with van der Waals surface area (Å²) in [6.45, 7) is 4.73. The van der Waals surface area contributed by atoms with Crippen LogP contribution in [0.5, 0.6) is 0 Å². The maximum absolute atomic E-state index is 5.41. The minimum atomic E-state index is 0.429. The van der Waals surface area contributed by atoms with Crippen molar-refractivity contribution in [2.75, 3.05) is 24.7 Å². The second-order valence-electron chi connectivity index (χ2n) is 4.33. The normalized spacial score (nSPS) is 27.0. The molecule has 0 aromatic carbocycles. The highest BCUT2D eigenvalue weighted by molar-refractivity contribution is 7.09. The van der Waals surface area contributed by atoms with Crippen LogP contribution in [0.25, 0.3) is 0 Å². The smallest absolute Gasteiger partial charge is 0.205 e. The van der Waals surface area contributed by atoms with Gasteiger partial charge in [-0.3, -0.25) is 0 Å². The maximum Gasteiger partial charge on any atom is 0.205 e. The molecule has 1 saturated heterocycles. The lowest BCUT2D eigenvalue weighted by atomic mass is 10.3. The van der Waals surface area contributed by atoms with Crippen molar-refractivity contribution >= 4 is 16.7 Å². The topological polar surface area (TPSA) is 38.2 Å². The molecule has 5 heteroatoms. The lowest BCUT2D eigenvalue weighted by Crippen LogP contribution is -2.43. The largest absolute Gasteiger partial charge is 0.377 e. The highest BCUT2D eigenvalue weighted by Crippen LogP contribution is 2.39. The van der Waals surface area contributed by atoms with Crippen molar-refractivity contribution in [3.8, 4) is 0 Å². The van der Waals surface area contributed by atoms with Crippen LogP contribution in [0.2, 0.25) is 0 Å². The average molecular weight is 225 g/mol. The van der Waals surface area contributed by atoms with Crippen molar-refractivity contribution < 1.29 is 4.74 Å². The molecule has 1 aliphatic carbocycles. The molecule has 1 saturated carbocycles. The SMILES string of the molecule is C[C@H]1COCCN1c1nc(C2CC2)ns1. The lowest BCUT2D eigenvalue weighted by Gasteiger charge is -2.32. The molecule has 1 aromatic rings. The number of nitrogens with zero attached hydrogens (tertiary/aromatic N) is 3. The summed E-state index contributed by atoms with van der Waals surface area (Å²) in [6, 6.07) is 0.429. The highest BCUT2D eigenvalue weighted by atomic mass is 32.1. The van der Waals surface area contributed by atoms with E-state index in [1.54, 1.807) is 0 Å². The predicted octanol–water partition coefficient (Wildman–Crippen LogP) is 1.64. The van der Waals surface area contributed by atoms with Gasteiger partial charge in [-0.05, 0) is 19.8 Å². The molecule has 2 aliphatic rings. The first-order valence-corrected chi connectivity index (χ1v) is 6.30. The average Bonchev–Trinajstić information content (AvgIpc) is 2.99. The molecule has 4 nitrogen and oxygen atoms in total. The lowest BCUT2D eigenvalue weighted by molar-refractivity contribution is 0.0989. The van der Waals surface area contributed by atoms with Crippen molar-refractivity contribution in [3.05, 3.63) is 5.82 Å². The Labute approximate surface area is 93.4 Å². The van der Waals surface area contributed by atoms with E-state index in [2.05, 4.69) is 21.2 Å². The van der Waals surface area contributed by atoms with Crippen molar-refractivity contribution in [1.82, 2.24) is 9.36 Å². The van der Waals surface area contributed by atoms with Crippen molar-refractivity contribution in [2.45, 2.75) is 31.7 Å². The van der Waals surface area contributed by atoms with Crippen LogP contribution in [0.3, 0.4) is 0 Å². The Morgan fingerprint density at radius 1 is 1.47 bits per heavy atom. The van der Waals surface area contributed by atoms with Crippen LogP contribution in [-0.2, 0) is 4.74 Å². The van der Waals surface area contributed by atoms with Crippen LogP contribution in [0.15, 0.2) is 0 Å². The first-order valence-electron chi connectivity index (χ1n) is 5.52. The number of rotatable bonds is 2. The molecule has 0 spiro atoms. The molecule has 3 rings (SSSR count). The summed E-state index contributed by atoms with van der Waals surface area (Å²) >= 11 is 1.54. The molecule has 1 aromatic heterocycles. The minimum absolute atomic E-state index is 0.429. The fourth-order valence-corrected chi connectivity index (χ4v) is 2.74. The van der Waals surface area contributed by atoms with Gasteiger partial charge in [-0.2, -0.15) is 4.37 Å². The van der Waals surface area contributed by atoms with Gasteiger partial charge in [-0.1, -0.05) is 0 Å². The third-order valence-corrected chi connectivity index (χ3v) is 3.75. The summed E-state index contributed by atoms with van der Waals surface area (Å²) in [7, 11) is 0. The Balaban J connectivity index is 1.78. The number of ether oxygens (including phenoxy) is 1. The molecule has 0 bridgehead atoms. The fourth-order valence-electron chi connectivity index (χ4n) is 1.86. The van der Waals surface area contributed by atoms with Gasteiger partial charge in [0.2, 0.25) is 5.13 Å². The molecule has 0 N–H and O–H groups in total. The third-order valence-electron chi connectivity index (χ3n) is 2.99. The molecular formula is C10H15N3OS. The van der Waals surface area contributed by atoms with E-state index in [-0.39, 0.29) is 0 Å². The van der Waals surface area contributed by atoms with E-state index in [1.807, 2.05) is 0 Å². The monoisotopic (exact) mass is 225 g/mol. The van der Waals surface area contributed by atoms with E-state index in [0.29, 0.717) is 12.0 Å². The van der Waals surface area contributed by atoms with Gasteiger partial charge in [-0.15, -0.1) is 0 Å². The Morgan fingerprint density at radius 2 is 2.33 bits per heavy atom. The van der Waals surface area contributed by atoms with Gasteiger partial charge >= 0.3 is 0 Å². The zero-order valence-electron chi connectivity index (χ0n) is 8.85. The number of hydrogen-bond acceptors (Lipinski definition) is 5. The maximum atomic E-state index is 5.41. The van der Waals surface area contributed by atoms with Gasteiger partial charge in [0.15, 0.2) is 0 Å². The third kappa shape index (κ3) is 1.86. The summed E-state index contributed by atoms with van der Waals surface area (Å²) in [4.78, 5) is 6.94. The van der Waals surface area contributed by atoms with Crippen LogP contribution in [0.4, 0.5) is 5.13 Å². The molecule has 1 aliphatic heterocycles. The van der Waals surface area contributed by atoms with Gasteiger partial charge in [0.1, 0.15) is 5.82 Å². The van der Waals surface area contributed by atoms with Crippen molar-refractivity contribution in [2.24, 2.45) is 0 Å². The summed E-state index contributed by atoms with van der Waals surface area (Å²) in [5, 5.41) is 1.08. The molecule has 82 valence electrons. The van der Waals surface area contributed by atoms with Crippen LogP contribution >= 0.6 is 11.5 Å². The molecule has 1 atom stereocenters. The van der Waals surface area contributed by atoms with Gasteiger partial charge in [0.25, 0.3) is 0 Å². The summed E-state index contributed by atoms with van der Waals surface area (Å²) in [5.74, 6) is 1.72.